The van der Waals surface area contributed by atoms with Crippen molar-refractivity contribution in [1.82, 2.24) is 9.97 Å². The van der Waals surface area contributed by atoms with Gasteiger partial charge < -0.3 is 25.7 Å². The first-order valence-corrected chi connectivity index (χ1v) is 20.6. The van der Waals surface area contributed by atoms with Gasteiger partial charge in [0.2, 0.25) is 0 Å². The lowest BCUT2D eigenvalue weighted by atomic mass is 9.82. The number of unbranched alkanes of at least 4 members (excludes halogenated alkanes) is 24. The number of carbonyl (C=O) groups is 3. The number of carbonyl (C=O) groups excluding carboxylic acids is 3. The Labute approximate surface area is 304 Å². The van der Waals surface area contributed by atoms with E-state index in [0.29, 0.717) is 18.5 Å². The summed E-state index contributed by atoms with van der Waals surface area (Å²) in [7, 11) is 0. The molecule has 1 aromatic rings. The maximum absolute atomic E-state index is 13.8. The van der Waals surface area contributed by atoms with Crippen LogP contribution < -0.4 is 5.73 Å². The summed E-state index contributed by atoms with van der Waals surface area (Å²) in [6.07, 6.45) is 31.0. The first-order valence-electron chi connectivity index (χ1n) is 20.6. The van der Waals surface area contributed by atoms with E-state index in [0.717, 1.165) is 38.5 Å². The van der Waals surface area contributed by atoms with Gasteiger partial charge in [0.25, 0.3) is 5.60 Å². The molecule has 50 heavy (non-hydrogen) atoms. The zero-order chi connectivity index (χ0) is 36.7. The summed E-state index contributed by atoms with van der Waals surface area (Å²) in [6.45, 7) is 3.59. The van der Waals surface area contributed by atoms with Gasteiger partial charge in [0.05, 0.1) is 12.9 Å². The maximum atomic E-state index is 13.8. The number of H-pyrrole nitrogens is 1. The average molecular weight is 706 g/mol. The summed E-state index contributed by atoms with van der Waals surface area (Å²) >= 11 is 0. The number of hydrogen-bond donors (Lipinski definition) is 4. The van der Waals surface area contributed by atoms with Crippen LogP contribution in [-0.4, -0.2) is 62.1 Å². The third-order valence-electron chi connectivity index (χ3n) is 10.0. The summed E-state index contributed by atoms with van der Waals surface area (Å²) in [5.41, 5.74) is 4.25. The molecule has 1 heterocycles. The van der Waals surface area contributed by atoms with E-state index < -0.39 is 41.9 Å². The highest BCUT2D eigenvalue weighted by Gasteiger charge is 2.54. The summed E-state index contributed by atoms with van der Waals surface area (Å²) in [5, 5.41) is 21.0. The molecule has 2 atom stereocenters. The molecule has 1 unspecified atom stereocenters. The minimum Gasteiger partial charge on any atom is -0.439 e. The van der Waals surface area contributed by atoms with Crippen molar-refractivity contribution in [3.63, 3.8) is 0 Å². The van der Waals surface area contributed by atoms with Gasteiger partial charge in [0.1, 0.15) is 12.1 Å². The molecule has 1 rings (SSSR count). The Morgan fingerprint density at radius 1 is 0.680 bits per heavy atom. The summed E-state index contributed by atoms with van der Waals surface area (Å²) in [5.74, 6) is -2.29. The summed E-state index contributed by atoms with van der Waals surface area (Å²) in [4.78, 5) is 47.6. The third-order valence-corrected chi connectivity index (χ3v) is 10.0. The van der Waals surface area contributed by atoms with Crippen molar-refractivity contribution in [2.24, 2.45) is 5.73 Å². The van der Waals surface area contributed by atoms with Gasteiger partial charge in [0.15, 0.2) is 11.6 Å². The van der Waals surface area contributed by atoms with Crippen LogP contribution in [-0.2, 0) is 25.5 Å². The zero-order valence-electron chi connectivity index (χ0n) is 32.1. The van der Waals surface area contributed by atoms with Gasteiger partial charge in [-0.1, -0.05) is 168 Å². The molecule has 0 saturated heterocycles. The molecule has 0 aliphatic heterocycles. The van der Waals surface area contributed by atoms with E-state index in [-0.39, 0.29) is 19.3 Å². The fourth-order valence-corrected chi connectivity index (χ4v) is 6.77. The molecule has 1 aromatic heterocycles. The molecule has 0 aliphatic carbocycles. The van der Waals surface area contributed by atoms with E-state index in [1.165, 1.54) is 128 Å². The second kappa shape index (κ2) is 30.5. The second-order valence-corrected chi connectivity index (χ2v) is 14.6. The number of imidazole rings is 1. The number of ketones is 2. The Balaban J connectivity index is 2.64. The largest absolute Gasteiger partial charge is 0.439 e. The monoisotopic (exact) mass is 706 g/mol. The normalized spacial score (nSPS) is 13.0. The molecule has 0 fully saturated rings. The van der Waals surface area contributed by atoms with Gasteiger partial charge in [-0.05, 0) is 12.8 Å². The van der Waals surface area contributed by atoms with Crippen LogP contribution in [0.5, 0.6) is 0 Å². The molecule has 9 heteroatoms. The predicted molar refractivity (Wildman–Crippen MR) is 203 cm³/mol. The highest BCUT2D eigenvalue weighted by Crippen LogP contribution is 2.27. The Hall–Kier alpha value is -2.10. The molecular formula is C41H75N3O6. The van der Waals surface area contributed by atoms with Crippen molar-refractivity contribution in [3.05, 3.63) is 18.2 Å². The topological polar surface area (TPSA) is 156 Å². The van der Waals surface area contributed by atoms with Crippen LogP contribution in [0.4, 0.5) is 0 Å². The molecule has 0 saturated carbocycles. The van der Waals surface area contributed by atoms with E-state index in [9.17, 15) is 24.6 Å². The van der Waals surface area contributed by atoms with Crippen LogP contribution in [0.3, 0.4) is 0 Å². The van der Waals surface area contributed by atoms with Crippen molar-refractivity contribution in [3.8, 4) is 0 Å². The number of rotatable bonds is 36. The van der Waals surface area contributed by atoms with Gasteiger partial charge in [-0.25, -0.2) is 4.98 Å². The van der Waals surface area contributed by atoms with Crippen LogP contribution in [0.1, 0.15) is 199 Å². The molecule has 0 spiro atoms. The standard InChI is InChI=1S/C41H75N3O6/c1-3-5-7-9-11-13-15-17-19-21-23-25-27-29-37(46)41(39(48)33-45,50-40(49)36(42)31-35-32-43-34-44-35)38(47)30-28-26-24-22-20-18-16-14-12-10-8-6-4-2/h32,34,36,39,45,48H,3-31,33,42H2,1-2H3,(H,43,44)/t36-,39?/m0/s1. The fraction of sp³-hybridized carbons (Fsp3) is 0.854. The van der Waals surface area contributed by atoms with Crippen molar-refractivity contribution >= 4 is 17.5 Å². The summed E-state index contributed by atoms with van der Waals surface area (Å²) in [6, 6.07) is -1.19. The highest BCUT2D eigenvalue weighted by atomic mass is 16.6. The first kappa shape index (κ1) is 45.9. The molecule has 0 amide bonds. The van der Waals surface area contributed by atoms with Crippen LogP contribution in [0, 0.1) is 0 Å². The van der Waals surface area contributed by atoms with E-state index in [1.54, 1.807) is 0 Å². The molecule has 9 nitrogen and oxygen atoms in total. The van der Waals surface area contributed by atoms with E-state index >= 15 is 0 Å². The highest BCUT2D eigenvalue weighted by molar-refractivity contribution is 6.12. The van der Waals surface area contributed by atoms with Crippen LogP contribution in [0.15, 0.2) is 12.5 Å². The van der Waals surface area contributed by atoms with Crippen molar-refractivity contribution < 1.29 is 29.3 Å². The predicted octanol–water partition coefficient (Wildman–Crippen LogP) is 9.02. The maximum Gasteiger partial charge on any atom is 0.324 e. The van der Waals surface area contributed by atoms with Gasteiger partial charge in [0, 0.05) is 31.2 Å². The smallest absolute Gasteiger partial charge is 0.324 e. The van der Waals surface area contributed by atoms with Crippen molar-refractivity contribution in [2.75, 3.05) is 6.61 Å². The summed E-state index contributed by atoms with van der Waals surface area (Å²) < 4.78 is 5.65. The number of hydrogen-bond acceptors (Lipinski definition) is 8. The average Bonchev–Trinajstić information content (AvgIpc) is 3.63. The van der Waals surface area contributed by atoms with E-state index in [4.69, 9.17) is 10.5 Å². The molecule has 0 aliphatic rings. The van der Waals surface area contributed by atoms with Gasteiger partial charge in [-0.15, -0.1) is 0 Å². The van der Waals surface area contributed by atoms with Crippen molar-refractivity contribution in [1.29, 1.82) is 0 Å². The molecule has 290 valence electrons. The Morgan fingerprint density at radius 3 is 1.36 bits per heavy atom. The number of aromatic amines is 1. The number of Topliss-reactive ketones (excluding diaryl/α,β-unsaturated/α-hetero) is 2. The molecule has 0 aromatic carbocycles. The third kappa shape index (κ3) is 20.1. The van der Waals surface area contributed by atoms with E-state index in [2.05, 4.69) is 23.8 Å². The number of aliphatic hydroxyl groups is 2. The van der Waals surface area contributed by atoms with E-state index in [1.807, 2.05) is 0 Å². The minimum absolute atomic E-state index is 0.0256. The molecule has 0 radical (unpaired) electrons. The Kier molecular flexibility index (Phi) is 28.0. The quantitative estimate of drug-likeness (QED) is 0.0306. The minimum atomic E-state index is -2.47. The van der Waals surface area contributed by atoms with Crippen molar-refractivity contribution in [2.45, 2.75) is 218 Å². The lowest BCUT2D eigenvalue weighted by Gasteiger charge is -2.35. The second-order valence-electron chi connectivity index (χ2n) is 14.6. The number of aliphatic hydroxyl groups excluding tert-OH is 2. The molecular weight excluding hydrogens is 630 g/mol. The molecule has 5 N–H and O–H groups in total. The lowest BCUT2D eigenvalue weighted by Crippen LogP contribution is -2.61. The number of ether oxygens (including phenoxy) is 1. The Bertz CT molecular complexity index is 928. The Morgan fingerprint density at radius 2 is 1.04 bits per heavy atom. The van der Waals surface area contributed by atoms with Crippen LogP contribution in [0.25, 0.3) is 0 Å². The van der Waals surface area contributed by atoms with Crippen LogP contribution >= 0.6 is 0 Å². The van der Waals surface area contributed by atoms with Gasteiger partial charge in [-0.2, -0.15) is 0 Å². The number of esters is 1. The van der Waals surface area contributed by atoms with Crippen LogP contribution in [0.2, 0.25) is 0 Å². The van der Waals surface area contributed by atoms with Gasteiger partial charge in [-0.3, -0.25) is 14.4 Å². The van der Waals surface area contributed by atoms with Gasteiger partial charge >= 0.3 is 5.97 Å². The SMILES string of the molecule is CCCCCCCCCCCCCCCC(=O)C(OC(=O)[C@@H](N)Cc1cnc[nH]1)(C(=O)CCCCCCCCCCCCCCC)C(O)CO. The molecule has 0 bridgehead atoms. The first-order chi connectivity index (χ1) is 24.3. The fourth-order valence-electron chi connectivity index (χ4n) is 6.77. The number of nitrogens with one attached hydrogen (secondary N) is 1. The number of aromatic nitrogens is 2. The number of nitrogens with two attached hydrogens (primary N) is 1. The number of nitrogens with zero attached hydrogens (tertiary/aromatic N) is 1. The lowest BCUT2D eigenvalue weighted by molar-refractivity contribution is -0.189. The zero-order valence-corrected chi connectivity index (χ0v) is 32.1.